The summed E-state index contributed by atoms with van der Waals surface area (Å²) >= 11 is 0. The Bertz CT molecular complexity index is 501. The number of benzene rings is 1. The van der Waals surface area contributed by atoms with Crippen molar-refractivity contribution in [3.05, 3.63) is 29.8 Å². The second kappa shape index (κ2) is 9.65. The Morgan fingerprint density at radius 3 is 2.64 bits per heavy atom. The van der Waals surface area contributed by atoms with Crippen molar-refractivity contribution >= 4 is 11.9 Å². The summed E-state index contributed by atoms with van der Waals surface area (Å²) in [6, 6.07) is 7.98. The van der Waals surface area contributed by atoms with Gasteiger partial charge in [-0.15, -0.1) is 0 Å². The summed E-state index contributed by atoms with van der Waals surface area (Å²) in [5.41, 5.74) is 1.05. The van der Waals surface area contributed by atoms with Crippen LogP contribution in [-0.2, 0) is 11.3 Å². The number of nitrogens with zero attached hydrogens (tertiary/aromatic N) is 1. The van der Waals surface area contributed by atoms with Crippen LogP contribution in [0.15, 0.2) is 29.3 Å². The lowest BCUT2D eigenvalue weighted by Crippen LogP contribution is -2.39. The van der Waals surface area contributed by atoms with Crippen LogP contribution < -0.4 is 20.7 Å². The summed E-state index contributed by atoms with van der Waals surface area (Å²) in [6.45, 7) is 5.02. The van der Waals surface area contributed by atoms with E-state index >= 15 is 0 Å². The average molecular weight is 306 g/mol. The third kappa shape index (κ3) is 6.47. The maximum atomic E-state index is 11.6. The Hall–Kier alpha value is -2.24. The number of para-hydroxylation sites is 1. The number of carbonyl (C=O) groups is 1. The number of rotatable bonds is 7. The quantitative estimate of drug-likeness (QED) is 0.524. The van der Waals surface area contributed by atoms with Crippen molar-refractivity contribution in [2.75, 3.05) is 20.7 Å². The van der Waals surface area contributed by atoms with E-state index < -0.39 is 0 Å². The van der Waals surface area contributed by atoms with E-state index in [1.807, 2.05) is 38.1 Å². The predicted octanol–water partition coefficient (Wildman–Crippen LogP) is 1.27. The van der Waals surface area contributed by atoms with Crippen molar-refractivity contribution in [2.45, 2.75) is 32.9 Å². The second-order valence-electron chi connectivity index (χ2n) is 5.14. The van der Waals surface area contributed by atoms with E-state index in [9.17, 15) is 4.79 Å². The molecule has 6 nitrogen and oxygen atoms in total. The van der Waals surface area contributed by atoms with E-state index in [-0.39, 0.29) is 11.9 Å². The van der Waals surface area contributed by atoms with Gasteiger partial charge in [-0.1, -0.05) is 18.2 Å². The molecule has 122 valence electrons. The SMILES string of the molecule is CN=C(NCCC(=O)NC(C)C)NCc1ccccc1OC. The van der Waals surface area contributed by atoms with Crippen LogP contribution in [0.1, 0.15) is 25.8 Å². The van der Waals surface area contributed by atoms with Gasteiger partial charge in [0.2, 0.25) is 5.91 Å². The molecule has 1 aromatic carbocycles. The van der Waals surface area contributed by atoms with Crippen molar-refractivity contribution in [3.8, 4) is 5.75 Å². The van der Waals surface area contributed by atoms with E-state index in [2.05, 4.69) is 20.9 Å². The van der Waals surface area contributed by atoms with Crippen molar-refractivity contribution in [3.63, 3.8) is 0 Å². The maximum absolute atomic E-state index is 11.6. The smallest absolute Gasteiger partial charge is 0.221 e. The lowest BCUT2D eigenvalue weighted by Gasteiger charge is -2.14. The van der Waals surface area contributed by atoms with Crippen molar-refractivity contribution in [2.24, 2.45) is 4.99 Å². The lowest BCUT2D eigenvalue weighted by molar-refractivity contribution is -0.121. The van der Waals surface area contributed by atoms with Gasteiger partial charge in [0.05, 0.1) is 7.11 Å². The molecule has 0 unspecified atom stereocenters. The minimum atomic E-state index is 0.0303. The van der Waals surface area contributed by atoms with Gasteiger partial charge in [0, 0.05) is 38.2 Å². The molecule has 1 amide bonds. The van der Waals surface area contributed by atoms with Crippen LogP contribution in [0.4, 0.5) is 0 Å². The highest BCUT2D eigenvalue weighted by Crippen LogP contribution is 2.16. The van der Waals surface area contributed by atoms with Gasteiger partial charge in [-0.25, -0.2) is 0 Å². The molecule has 0 aliphatic heterocycles. The number of hydrogen-bond donors (Lipinski definition) is 3. The average Bonchev–Trinajstić information content (AvgIpc) is 2.50. The second-order valence-corrected chi connectivity index (χ2v) is 5.14. The van der Waals surface area contributed by atoms with Gasteiger partial charge in [-0.3, -0.25) is 9.79 Å². The molecule has 0 saturated heterocycles. The number of nitrogens with one attached hydrogen (secondary N) is 3. The molecule has 6 heteroatoms. The van der Waals surface area contributed by atoms with Crippen LogP contribution in [0.2, 0.25) is 0 Å². The molecule has 3 N–H and O–H groups in total. The van der Waals surface area contributed by atoms with Gasteiger partial charge in [0.15, 0.2) is 5.96 Å². The zero-order valence-corrected chi connectivity index (χ0v) is 13.8. The Labute approximate surface area is 132 Å². The van der Waals surface area contributed by atoms with Crippen LogP contribution in [0, 0.1) is 0 Å². The van der Waals surface area contributed by atoms with Gasteiger partial charge in [0.1, 0.15) is 5.75 Å². The zero-order valence-electron chi connectivity index (χ0n) is 13.8. The van der Waals surface area contributed by atoms with Gasteiger partial charge in [-0.05, 0) is 19.9 Å². The van der Waals surface area contributed by atoms with Crippen molar-refractivity contribution < 1.29 is 9.53 Å². The number of aliphatic imine (C=N–C) groups is 1. The fourth-order valence-electron chi connectivity index (χ4n) is 1.94. The first kappa shape index (κ1) is 17.8. The van der Waals surface area contributed by atoms with Crippen LogP contribution >= 0.6 is 0 Å². The summed E-state index contributed by atoms with van der Waals surface area (Å²) in [5.74, 6) is 1.52. The van der Waals surface area contributed by atoms with E-state index in [4.69, 9.17) is 4.74 Å². The summed E-state index contributed by atoms with van der Waals surface area (Å²) in [7, 11) is 3.35. The molecule has 0 heterocycles. The molecule has 22 heavy (non-hydrogen) atoms. The monoisotopic (exact) mass is 306 g/mol. The maximum Gasteiger partial charge on any atom is 0.221 e. The topological polar surface area (TPSA) is 74.8 Å². The normalized spacial score (nSPS) is 11.2. The first-order valence-electron chi connectivity index (χ1n) is 7.42. The summed E-state index contributed by atoms with van der Waals surface area (Å²) in [6.07, 6.45) is 0.410. The van der Waals surface area contributed by atoms with E-state index in [1.54, 1.807) is 14.2 Å². The van der Waals surface area contributed by atoms with Gasteiger partial charge in [0.25, 0.3) is 0 Å². The number of hydrogen-bond acceptors (Lipinski definition) is 3. The van der Waals surface area contributed by atoms with E-state index in [1.165, 1.54) is 0 Å². The molecule has 0 aromatic heterocycles. The third-order valence-electron chi connectivity index (χ3n) is 2.96. The predicted molar refractivity (Wildman–Crippen MR) is 89.1 cm³/mol. The molecule has 1 rings (SSSR count). The van der Waals surface area contributed by atoms with Gasteiger partial charge >= 0.3 is 0 Å². The molecule has 0 spiro atoms. The minimum Gasteiger partial charge on any atom is -0.496 e. The standard InChI is InChI=1S/C16H26N4O2/c1-12(2)20-15(21)9-10-18-16(17-3)19-11-13-7-5-6-8-14(13)22-4/h5-8,12H,9-11H2,1-4H3,(H,20,21)(H2,17,18,19). The first-order chi connectivity index (χ1) is 10.6. The number of ether oxygens (including phenoxy) is 1. The van der Waals surface area contributed by atoms with Crippen LogP contribution in [0.3, 0.4) is 0 Å². The Kier molecular flexibility index (Phi) is 7.81. The molecule has 0 bridgehead atoms. The largest absolute Gasteiger partial charge is 0.496 e. The molecule has 0 aliphatic rings. The number of guanidine groups is 1. The molecule has 0 fully saturated rings. The Balaban J connectivity index is 2.38. The third-order valence-corrected chi connectivity index (χ3v) is 2.96. The number of methoxy groups -OCH3 is 1. The van der Waals surface area contributed by atoms with Crippen molar-refractivity contribution in [1.29, 1.82) is 0 Å². The van der Waals surface area contributed by atoms with Crippen LogP contribution in [0.5, 0.6) is 5.75 Å². The minimum absolute atomic E-state index is 0.0303. The Morgan fingerprint density at radius 2 is 2.00 bits per heavy atom. The van der Waals surface area contributed by atoms with Crippen molar-refractivity contribution in [1.82, 2.24) is 16.0 Å². The molecule has 1 aromatic rings. The number of amides is 1. The van der Waals surface area contributed by atoms with Gasteiger partial charge < -0.3 is 20.7 Å². The lowest BCUT2D eigenvalue weighted by atomic mass is 10.2. The molecule has 0 saturated carbocycles. The van der Waals surface area contributed by atoms with Gasteiger partial charge in [-0.2, -0.15) is 0 Å². The summed E-state index contributed by atoms with van der Waals surface area (Å²) < 4.78 is 5.31. The van der Waals surface area contributed by atoms with Crippen LogP contribution in [0.25, 0.3) is 0 Å². The van der Waals surface area contributed by atoms with E-state index in [0.717, 1.165) is 11.3 Å². The molecule has 0 atom stereocenters. The molecular formula is C16H26N4O2. The zero-order chi connectivity index (χ0) is 16.4. The summed E-state index contributed by atoms with van der Waals surface area (Å²) in [4.78, 5) is 15.7. The molecule has 0 aliphatic carbocycles. The first-order valence-corrected chi connectivity index (χ1v) is 7.42. The molecular weight excluding hydrogens is 280 g/mol. The highest BCUT2D eigenvalue weighted by atomic mass is 16.5. The fraction of sp³-hybridized carbons (Fsp3) is 0.500. The molecule has 0 radical (unpaired) electrons. The van der Waals surface area contributed by atoms with E-state index in [0.29, 0.717) is 25.5 Å². The highest BCUT2D eigenvalue weighted by molar-refractivity contribution is 5.81. The highest BCUT2D eigenvalue weighted by Gasteiger charge is 2.05. The Morgan fingerprint density at radius 1 is 1.27 bits per heavy atom. The number of carbonyl (C=O) groups excluding carboxylic acids is 1. The summed E-state index contributed by atoms with van der Waals surface area (Å²) in [5, 5.41) is 9.17. The fourth-order valence-corrected chi connectivity index (χ4v) is 1.94. The van der Waals surface area contributed by atoms with Crippen LogP contribution in [-0.4, -0.2) is 38.6 Å².